The summed E-state index contributed by atoms with van der Waals surface area (Å²) in [5.41, 5.74) is 1.95. The molecular formula is C24H23ClF3N5O2. The lowest BCUT2D eigenvalue weighted by molar-refractivity contribution is -0.274. The lowest BCUT2D eigenvalue weighted by Gasteiger charge is -2.43. The molecular weight excluding hydrogens is 483 g/mol. The second-order valence-electron chi connectivity index (χ2n) is 8.63. The van der Waals surface area contributed by atoms with E-state index in [-0.39, 0.29) is 28.4 Å². The summed E-state index contributed by atoms with van der Waals surface area (Å²) in [5, 5.41) is 10.1. The molecule has 1 fully saturated rings. The number of rotatable bonds is 4. The van der Waals surface area contributed by atoms with Gasteiger partial charge in [0.2, 0.25) is 0 Å². The summed E-state index contributed by atoms with van der Waals surface area (Å²) < 4.78 is 42.7. The number of aryl methyl sites for hydroxylation is 1. The van der Waals surface area contributed by atoms with Crippen molar-refractivity contribution in [3.8, 4) is 11.8 Å². The Morgan fingerprint density at radius 1 is 1.23 bits per heavy atom. The van der Waals surface area contributed by atoms with Crippen LogP contribution in [0.5, 0.6) is 5.75 Å². The average Bonchev–Trinajstić information content (AvgIpc) is 2.80. The summed E-state index contributed by atoms with van der Waals surface area (Å²) in [6.07, 6.45) is -4.04. The van der Waals surface area contributed by atoms with Gasteiger partial charge in [0.15, 0.2) is 0 Å². The Kier molecular flexibility index (Phi) is 6.56. The molecule has 0 N–H and O–H groups in total. The van der Waals surface area contributed by atoms with E-state index >= 15 is 0 Å². The molecule has 1 aliphatic rings. The molecule has 11 heteroatoms. The summed E-state index contributed by atoms with van der Waals surface area (Å²) in [6, 6.07) is 11.2. The highest BCUT2D eigenvalue weighted by Crippen LogP contribution is 2.34. The van der Waals surface area contributed by atoms with Crippen LogP contribution >= 0.6 is 11.6 Å². The van der Waals surface area contributed by atoms with Crippen LogP contribution in [0.25, 0.3) is 11.0 Å². The molecule has 35 heavy (non-hydrogen) atoms. The van der Waals surface area contributed by atoms with E-state index in [1.807, 2.05) is 22.9 Å². The van der Waals surface area contributed by atoms with Gasteiger partial charge in [0.05, 0.1) is 11.2 Å². The van der Waals surface area contributed by atoms with Crippen molar-refractivity contribution in [2.24, 2.45) is 13.0 Å². The van der Waals surface area contributed by atoms with Crippen LogP contribution in [0.2, 0.25) is 5.15 Å². The third-order valence-corrected chi connectivity index (χ3v) is 6.65. The molecule has 0 amide bonds. The zero-order valence-corrected chi connectivity index (χ0v) is 20.1. The van der Waals surface area contributed by atoms with Crippen LogP contribution in [0.3, 0.4) is 0 Å². The fourth-order valence-corrected chi connectivity index (χ4v) is 4.91. The van der Waals surface area contributed by atoms with E-state index in [1.165, 1.54) is 16.7 Å². The summed E-state index contributed by atoms with van der Waals surface area (Å²) in [4.78, 5) is 21.3. The fraction of sp³-hybridized carbons (Fsp3) is 0.375. The fourth-order valence-electron chi connectivity index (χ4n) is 4.76. The molecule has 1 saturated heterocycles. The maximum absolute atomic E-state index is 12.9. The molecule has 3 heterocycles. The number of hydrogen-bond donors (Lipinski definition) is 0. The van der Waals surface area contributed by atoms with Crippen LogP contribution in [-0.2, 0) is 7.05 Å². The Morgan fingerprint density at radius 2 is 1.91 bits per heavy atom. The zero-order chi connectivity index (χ0) is 25.5. The van der Waals surface area contributed by atoms with Crippen molar-refractivity contribution in [2.75, 3.05) is 29.9 Å². The van der Waals surface area contributed by atoms with Crippen molar-refractivity contribution in [3.63, 3.8) is 0 Å². The number of anilines is 2. The number of fused-ring (bicyclic) bond motifs is 1. The number of benzene rings is 1. The van der Waals surface area contributed by atoms with Crippen molar-refractivity contribution >= 4 is 34.0 Å². The predicted octanol–water partition coefficient (Wildman–Crippen LogP) is 4.71. The lowest BCUT2D eigenvalue weighted by atomic mass is 9.91. The first-order chi connectivity index (χ1) is 16.5. The molecule has 0 saturated carbocycles. The van der Waals surface area contributed by atoms with Crippen molar-refractivity contribution in [2.45, 2.75) is 25.7 Å². The Morgan fingerprint density at radius 3 is 2.51 bits per heavy atom. The number of ether oxygens (including phenoxy) is 1. The van der Waals surface area contributed by atoms with Gasteiger partial charge in [0.1, 0.15) is 28.1 Å². The van der Waals surface area contributed by atoms with Crippen molar-refractivity contribution < 1.29 is 17.9 Å². The van der Waals surface area contributed by atoms with Crippen molar-refractivity contribution in [1.82, 2.24) is 9.55 Å². The van der Waals surface area contributed by atoms with Gasteiger partial charge < -0.3 is 19.1 Å². The molecule has 1 aromatic carbocycles. The minimum atomic E-state index is -4.74. The molecule has 1 unspecified atom stereocenters. The summed E-state index contributed by atoms with van der Waals surface area (Å²) in [6.45, 7) is 3.17. The van der Waals surface area contributed by atoms with E-state index in [2.05, 4.69) is 16.6 Å². The van der Waals surface area contributed by atoms with E-state index in [0.717, 1.165) is 5.69 Å². The lowest BCUT2D eigenvalue weighted by Crippen LogP contribution is -2.49. The van der Waals surface area contributed by atoms with Gasteiger partial charge in [0, 0.05) is 38.9 Å². The molecule has 184 valence electrons. The number of halogens is 4. The molecule has 0 bridgehead atoms. The quantitative estimate of drug-likeness (QED) is 0.478. The van der Waals surface area contributed by atoms with E-state index in [9.17, 15) is 23.2 Å². The number of alkyl halides is 3. The van der Waals surface area contributed by atoms with Gasteiger partial charge in [-0.25, -0.2) is 4.98 Å². The molecule has 4 rings (SSSR count). The highest BCUT2D eigenvalue weighted by atomic mass is 35.5. The standard InChI is InChI=1S/C24H23ClF3N5O2/c1-14-13-33(22-17(12-29)23(34)32(3)19-8-9-20(25)30-21(19)22)11-10-18(14)31(2)15-4-6-16(7-5-15)35-24(26,27)28/h4-9,14,18H,10-11,13H2,1-3H3/t14-,18?/m1/s1. The number of aromatic nitrogens is 2. The van der Waals surface area contributed by atoms with E-state index < -0.39 is 11.9 Å². The molecule has 0 aliphatic carbocycles. The molecule has 3 aromatic rings. The number of nitriles is 1. The molecule has 0 radical (unpaired) electrons. The maximum Gasteiger partial charge on any atom is 0.573 e. The normalized spacial score (nSPS) is 18.4. The second-order valence-corrected chi connectivity index (χ2v) is 9.02. The van der Waals surface area contributed by atoms with Gasteiger partial charge in [-0.2, -0.15) is 5.26 Å². The van der Waals surface area contributed by atoms with Crippen LogP contribution in [-0.4, -0.2) is 42.1 Å². The minimum absolute atomic E-state index is 0.0222. The molecule has 2 aromatic heterocycles. The summed E-state index contributed by atoms with van der Waals surface area (Å²) >= 11 is 6.15. The Labute approximate surface area is 204 Å². The van der Waals surface area contributed by atoms with Gasteiger partial charge in [0.25, 0.3) is 5.56 Å². The molecule has 2 atom stereocenters. The Bertz CT molecular complexity index is 1350. The number of piperidine rings is 1. The van der Waals surface area contributed by atoms with Crippen LogP contribution in [0.1, 0.15) is 18.9 Å². The number of nitrogens with zero attached hydrogens (tertiary/aromatic N) is 5. The summed E-state index contributed by atoms with van der Waals surface area (Å²) in [7, 11) is 3.49. The Hall–Kier alpha value is -3.45. The van der Waals surface area contributed by atoms with Crippen molar-refractivity contribution in [1.29, 1.82) is 5.26 Å². The molecule has 7 nitrogen and oxygen atoms in total. The predicted molar refractivity (Wildman–Crippen MR) is 128 cm³/mol. The highest BCUT2D eigenvalue weighted by Gasteiger charge is 2.33. The highest BCUT2D eigenvalue weighted by molar-refractivity contribution is 6.29. The van der Waals surface area contributed by atoms with E-state index in [4.69, 9.17) is 11.6 Å². The zero-order valence-electron chi connectivity index (χ0n) is 19.3. The Balaban J connectivity index is 1.60. The third-order valence-electron chi connectivity index (χ3n) is 6.44. The number of hydrogen-bond acceptors (Lipinski definition) is 6. The third kappa shape index (κ3) is 4.86. The largest absolute Gasteiger partial charge is 0.573 e. The van der Waals surface area contributed by atoms with Gasteiger partial charge >= 0.3 is 6.36 Å². The first-order valence-electron chi connectivity index (χ1n) is 10.9. The van der Waals surface area contributed by atoms with Crippen LogP contribution in [0, 0.1) is 17.2 Å². The van der Waals surface area contributed by atoms with E-state index in [0.29, 0.717) is 36.2 Å². The van der Waals surface area contributed by atoms with Crippen LogP contribution in [0.15, 0.2) is 41.2 Å². The summed E-state index contributed by atoms with van der Waals surface area (Å²) in [5.74, 6) is -0.171. The smallest absolute Gasteiger partial charge is 0.406 e. The SMILES string of the molecule is C[C@@H]1CN(c2c(C#N)c(=O)n(C)c3ccc(Cl)nc23)CCC1N(C)c1ccc(OC(F)(F)F)cc1. The first kappa shape index (κ1) is 24.7. The molecule has 1 aliphatic heterocycles. The monoisotopic (exact) mass is 505 g/mol. The van der Waals surface area contributed by atoms with Gasteiger partial charge in [-0.3, -0.25) is 4.79 Å². The average molecular weight is 506 g/mol. The first-order valence-corrected chi connectivity index (χ1v) is 11.3. The second kappa shape index (κ2) is 9.30. The van der Waals surface area contributed by atoms with E-state index in [1.54, 1.807) is 31.3 Å². The maximum atomic E-state index is 12.9. The van der Waals surface area contributed by atoms with Crippen molar-refractivity contribution in [3.05, 3.63) is 57.5 Å². The van der Waals surface area contributed by atoms with Gasteiger partial charge in [-0.15, -0.1) is 13.2 Å². The molecule has 0 spiro atoms. The van der Waals surface area contributed by atoms with Gasteiger partial charge in [-0.05, 0) is 48.7 Å². The van der Waals surface area contributed by atoms with Crippen LogP contribution < -0.4 is 20.1 Å². The van der Waals surface area contributed by atoms with Gasteiger partial charge in [-0.1, -0.05) is 18.5 Å². The topological polar surface area (TPSA) is 74.4 Å². The number of pyridine rings is 2. The van der Waals surface area contributed by atoms with Crippen LogP contribution in [0.4, 0.5) is 24.5 Å². The minimum Gasteiger partial charge on any atom is -0.406 e.